The van der Waals surface area contributed by atoms with Crippen molar-refractivity contribution in [2.75, 3.05) is 0 Å². The molecular formula is C16H24O. The SMILES string of the molecule is C=C(/C=C(\C)C(CCC)CCC)c1ccco1. The van der Waals surface area contributed by atoms with Gasteiger partial charge in [-0.15, -0.1) is 0 Å². The lowest BCUT2D eigenvalue weighted by Crippen LogP contribution is -2.01. The molecule has 0 unspecified atom stereocenters. The second kappa shape index (κ2) is 7.16. The Morgan fingerprint density at radius 1 is 1.35 bits per heavy atom. The molecule has 0 aliphatic heterocycles. The highest BCUT2D eigenvalue weighted by Crippen LogP contribution is 2.25. The van der Waals surface area contributed by atoms with Gasteiger partial charge in [0.1, 0.15) is 5.76 Å². The van der Waals surface area contributed by atoms with E-state index in [4.69, 9.17) is 4.42 Å². The molecule has 17 heavy (non-hydrogen) atoms. The van der Waals surface area contributed by atoms with E-state index < -0.39 is 0 Å². The summed E-state index contributed by atoms with van der Waals surface area (Å²) in [5.74, 6) is 1.56. The number of rotatable bonds is 7. The molecule has 94 valence electrons. The quantitative estimate of drug-likeness (QED) is 0.569. The summed E-state index contributed by atoms with van der Waals surface area (Å²) >= 11 is 0. The number of hydrogen-bond donors (Lipinski definition) is 0. The fourth-order valence-corrected chi connectivity index (χ4v) is 2.22. The first-order valence-electron chi connectivity index (χ1n) is 6.60. The molecule has 0 atom stereocenters. The smallest absolute Gasteiger partial charge is 0.133 e. The largest absolute Gasteiger partial charge is 0.464 e. The Labute approximate surface area is 105 Å². The highest BCUT2D eigenvalue weighted by Gasteiger charge is 2.09. The average Bonchev–Trinajstić information content (AvgIpc) is 2.82. The molecule has 0 bridgehead atoms. The third-order valence-electron chi connectivity index (χ3n) is 3.16. The summed E-state index contributed by atoms with van der Waals surface area (Å²) in [6, 6.07) is 3.86. The fraction of sp³-hybridized carbons (Fsp3) is 0.500. The Morgan fingerprint density at radius 2 is 2.00 bits per heavy atom. The van der Waals surface area contributed by atoms with E-state index in [0.717, 1.165) is 11.3 Å². The number of allylic oxidation sites excluding steroid dienone is 3. The summed E-state index contributed by atoms with van der Waals surface area (Å²) in [6.07, 6.45) is 8.88. The van der Waals surface area contributed by atoms with E-state index >= 15 is 0 Å². The van der Waals surface area contributed by atoms with Crippen LogP contribution in [0.4, 0.5) is 0 Å². The van der Waals surface area contributed by atoms with Crippen LogP contribution in [0.2, 0.25) is 0 Å². The molecule has 0 aliphatic rings. The zero-order valence-electron chi connectivity index (χ0n) is 11.3. The van der Waals surface area contributed by atoms with Crippen molar-refractivity contribution in [2.45, 2.75) is 46.5 Å². The molecule has 1 aromatic heterocycles. The first kappa shape index (κ1) is 13.8. The molecule has 1 nitrogen and oxygen atoms in total. The van der Waals surface area contributed by atoms with E-state index in [1.807, 2.05) is 12.1 Å². The van der Waals surface area contributed by atoms with E-state index in [-0.39, 0.29) is 0 Å². The summed E-state index contributed by atoms with van der Waals surface area (Å²) in [5, 5.41) is 0. The van der Waals surface area contributed by atoms with Gasteiger partial charge in [0.25, 0.3) is 0 Å². The van der Waals surface area contributed by atoms with Crippen LogP contribution in [0.5, 0.6) is 0 Å². The summed E-state index contributed by atoms with van der Waals surface area (Å²) in [5.41, 5.74) is 2.40. The molecular weight excluding hydrogens is 208 g/mol. The maximum absolute atomic E-state index is 5.35. The monoisotopic (exact) mass is 232 g/mol. The zero-order chi connectivity index (χ0) is 12.7. The average molecular weight is 232 g/mol. The molecule has 0 spiro atoms. The highest BCUT2D eigenvalue weighted by molar-refractivity contribution is 5.69. The minimum Gasteiger partial charge on any atom is -0.464 e. The van der Waals surface area contributed by atoms with Crippen LogP contribution in [-0.2, 0) is 0 Å². The summed E-state index contributed by atoms with van der Waals surface area (Å²) in [4.78, 5) is 0. The van der Waals surface area contributed by atoms with Gasteiger partial charge in [-0.3, -0.25) is 0 Å². The topological polar surface area (TPSA) is 13.1 Å². The molecule has 0 saturated carbocycles. The Balaban J connectivity index is 2.71. The lowest BCUT2D eigenvalue weighted by atomic mass is 9.90. The van der Waals surface area contributed by atoms with Crippen molar-refractivity contribution in [1.29, 1.82) is 0 Å². The molecule has 0 aliphatic carbocycles. The van der Waals surface area contributed by atoms with Crippen LogP contribution in [0.3, 0.4) is 0 Å². The van der Waals surface area contributed by atoms with Gasteiger partial charge in [-0.2, -0.15) is 0 Å². The van der Waals surface area contributed by atoms with Gasteiger partial charge < -0.3 is 4.42 Å². The second-order valence-electron chi connectivity index (χ2n) is 4.67. The van der Waals surface area contributed by atoms with Crippen molar-refractivity contribution >= 4 is 5.57 Å². The predicted octanol–water partition coefficient (Wildman–Crippen LogP) is 5.46. The van der Waals surface area contributed by atoms with Crippen LogP contribution in [0.1, 0.15) is 52.2 Å². The van der Waals surface area contributed by atoms with Crippen LogP contribution >= 0.6 is 0 Å². The molecule has 0 radical (unpaired) electrons. The lowest BCUT2D eigenvalue weighted by Gasteiger charge is -2.16. The van der Waals surface area contributed by atoms with Gasteiger partial charge in [0, 0.05) is 5.57 Å². The molecule has 0 aromatic carbocycles. The highest BCUT2D eigenvalue weighted by atomic mass is 16.3. The summed E-state index contributed by atoms with van der Waals surface area (Å²) in [7, 11) is 0. The van der Waals surface area contributed by atoms with Crippen LogP contribution in [0.15, 0.2) is 41.0 Å². The van der Waals surface area contributed by atoms with Gasteiger partial charge in [0.15, 0.2) is 0 Å². The number of hydrogen-bond acceptors (Lipinski definition) is 1. The minimum atomic E-state index is 0.691. The third-order valence-corrected chi connectivity index (χ3v) is 3.16. The molecule has 0 amide bonds. The Morgan fingerprint density at radius 3 is 2.47 bits per heavy atom. The Hall–Kier alpha value is -1.24. The molecule has 0 saturated heterocycles. The van der Waals surface area contributed by atoms with Crippen LogP contribution in [0.25, 0.3) is 5.57 Å². The fourth-order valence-electron chi connectivity index (χ4n) is 2.22. The summed E-state index contributed by atoms with van der Waals surface area (Å²) in [6.45, 7) is 10.8. The maximum atomic E-state index is 5.35. The first-order valence-corrected chi connectivity index (χ1v) is 6.60. The van der Waals surface area contributed by atoms with Gasteiger partial charge in [-0.05, 0) is 37.8 Å². The predicted molar refractivity (Wildman–Crippen MR) is 74.8 cm³/mol. The van der Waals surface area contributed by atoms with Crippen molar-refractivity contribution in [2.24, 2.45) is 5.92 Å². The molecule has 1 heterocycles. The molecule has 1 rings (SSSR count). The Kier molecular flexibility index (Phi) is 5.82. The maximum Gasteiger partial charge on any atom is 0.133 e. The van der Waals surface area contributed by atoms with E-state index in [1.54, 1.807) is 6.26 Å². The van der Waals surface area contributed by atoms with Crippen LogP contribution in [0, 0.1) is 5.92 Å². The van der Waals surface area contributed by atoms with Gasteiger partial charge >= 0.3 is 0 Å². The minimum absolute atomic E-state index is 0.691. The van der Waals surface area contributed by atoms with Crippen LogP contribution in [-0.4, -0.2) is 0 Å². The first-order chi connectivity index (χ1) is 8.19. The second-order valence-corrected chi connectivity index (χ2v) is 4.67. The van der Waals surface area contributed by atoms with Crippen molar-refractivity contribution in [3.05, 3.63) is 42.4 Å². The van der Waals surface area contributed by atoms with Crippen molar-refractivity contribution in [3.8, 4) is 0 Å². The van der Waals surface area contributed by atoms with Crippen molar-refractivity contribution in [3.63, 3.8) is 0 Å². The van der Waals surface area contributed by atoms with E-state index in [1.165, 1.54) is 31.3 Å². The number of furan rings is 1. The van der Waals surface area contributed by atoms with Gasteiger partial charge in [-0.1, -0.05) is 44.9 Å². The van der Waals surface area contributed by atoms with Crippen molar-refractivity contribution < 1.29 is 4.42 Å². The molecule has 1 heteroatoms. The third kappa shape index (κ3) is 4.26. The van der Waals surface area contributed by atoms with Crippen molar-refractivity contribution in [1.82, 2.24) is 0 Å². The molecule has 0 N–H and O–H groups in total. The Bertz CT molecular complexity index is 351. The standard InChI is InChI=1S/C16H24O/c1-5-8-15(9-6-2)13(3)12-14(4)16-10-7-11-17-16/h7,10-12,15H,4-6,8-9H2,1-3H3/b13-12+. The molecule has 0 fully saturated rings. The van der Waals surface area contributed by atoms with E-state index in [2.05, 4.69) is 33.4 Å². The van der Waals surface area contributed by atoms with E-state index in [0.29, 0.717) is 5.92 Å². The van der Waals surface area contributed by atoms with Gasteiger partial charge in [-0.25, -0.2) is 0 Å². The van der Waals surface area contributed by atoms with Gasteiger partial charge in [0.2, 0.25) is 0 Å². The lowest BCUT2D eigenvalue weighted by molar-refractivity contribution is 0.504. The summed E-state index contributed by atoms with van der Waals surface area (Å²) < 4.78 is 5.35. The molecule has 1 aromatic rings. The van der Waals surface area contributed by atoms with Crippen LogP contribution < -0.4 is 0 Å². The van der Waals surface area contributed by atoms with Gasteiger partial charge in [0.05, 0.1) is 6.26 Å². The zero-order valence-corrected chi connectivity index (χ0v) is 11.3. The van der Waals surface area contributed by atoms with E-state index in [9.17, 15) is 0 Å². The normalized spacial score (nSPS) is 12.1.